The minimum Gasteiger partial charge on any atom is -0.478 e. The van der Waals surface area contributed by atoms with Gasteiger partial charge in [-0.05, 0) is 119 Å². The lowest BCUT2D eigenvalue weighted by atomic mass is 9.47. The number of esters is 1. The molecule has 0 heterocycles. The third-order valence-corrected chi connectivity index (χ3v) is 9.49. The van der Waals surface area contributed by atoms with Crippen molar-refractivity contribution in [2.75, 3.05) is 0 Å². The molecular weight excluding hydrogens is 484 g/mol. The molecule has 0 spiro atoms. The van der Waals surface area contributed by atoms with Crippen molar-refractivity contribution >= 4 is 22.7 Å². The fraction of sp³-hybridized carbons (Fsp3) is 0.314. The topological polar surface area (TPSA) is 63.6 Å². The van der Waals surface area contributed by atoms with E-state index in [-0.39, 0.29) is 18.0 Å². The molecule has 4 fully saturated rings. The molecule has 4 aromatic carbocycles. The summed E-state index contributed by atoms with van der Waals surface area (Å²) in [6.45, 7) is 0.253. The lowest BCUT2D eigenvalue weighted by Crippen LogP contribution is -2.49. The Morgan fingerprint density at radius 3 is 2.10 bits per heavy atom. The summed E-state index contributed by atoms with van der Waals surface area (Å²) in [5.74, 6) is 1.04. The van der Waals surface area contributed by atoms with Crippen LogP contribution in [0.3, 0.4) is 0 Å². The molecule has 0 saturated heterocycles. The molecule has 4 bridgehead atoms. The molecule has 4 aliphatic carbocycles. The maximum absolute atomic E-state index is 13.7. The number of rotatable bonds is 6. The second-order valence-electron chi connectivity index (χ2n) is 12.1. The van der Waals surface area contributed by atoms with E-state index >= 15 is 0 Å². The molecule has 0 aliphatic heterocycles. The van der Waals surface area contributed by atoms with E-state index in [1.165, 1.54) is 19.3 Å². The summed E-state index contributed by atoms with van der Waals surface area (Å²) >= 11 is 0. The predicted molar refractivity (Wildman–Crippen MR) is 152 cm³/mol. The Morgan fingerprint density at radius 1 is 0.744 bits per heavy atom. The summed E-state index contributed by atoms with van der Waals surface area (Å²) in [6, 6.07) is 27.3. The number of carbonyl (C=O) groups is 2. The average molecular weight is 517 g/mol. The van der Waals surface area contributed by atoms with Crippen LogP contribution in [0.5, 0.6) is 0 Å². The standard InChI is InChI=1S/C35H32O4/c36-33(37)30-9-5-4-8-29(30)27-11-10-26-16-31(34(38)39-21-22-6-2-1-3-7-22)32(17-28(26)15-27)35-18-23-12-24(19-35)14-25(13-23)20-35/h1-11,15-17,23-25H,12-14,18-21H2,(H,36,37). The molecule has 0 atom stereocenters. The number of ether oxygens (including phenoxy) is 1. The number of benzene rings is 4. The Kier molecular flexibility index (Phi) is 5.80. The quantitative estimate of drug-likeness (QED) is 0.264. The van der Waals surface area contributed by atoms with Gasteiger partial charge in [0.1, 0.15) is 6.61 Å². The highest BCUT2D eigenvalue weighted by molar-refractivity contribution is 6.01. The van der Waals surface area contributed by atoms with Crippen molar-refractivity contribution in [2.24, 2.45) is 17.8 Å². The van der Waals surface area contributed by atoms with Crippen molar-refractivity contribution in [3.05, 3.63) is 107 Å². The molecule has 4 nitrogen and oxygen atoms in total. The number of hydrogen-bond acceptors (Lipinski definition) is 3. The minimum absolute atomic E-state index is 0.0129. The van der Waals surface area contributed by atoms with Crippen LogP contribution in [0.4, 0.5) is 0 Å². The Hall–Kier alpha value is -3.92. The number of aromatic carboxylic acids is 1. The van der Waals surface area contributed by atoms with Gasteiger partial charge in [0.2, 0.25) is 0 Å². The first-order valence-electron chi connectivity index (χ1n) is 14.1. The predicted octanol–water partition coefficient (Wildman–Crippen LogP) is 8.03. The summed E-state index contributed by atoms with van der Waals surface area (Å²) in [5.41, 5.74) is 4.68. The third-order valence-electron chi connectivity index (χ3n) is 9.49. The molecule has 0 amide bonds. The molecule has 196 valence electrons. The molecule has 4 heteroatoms. The molecule has 39 heavy (non-hydrogen) atoms. The number of carboxylic acid groups (broad SMARTS) is 1. The van der Waals surface area contributed by atoms with E-state index < -0.39 is 5.97 Å². The monoisotopic (exact) mass is 516 g/mol. The summed E-state index contributed by atoms with van der Waals surface area (Å²) in [4.78, 5) is 25.6. The van der Waals surface area contributed by atoms with E-state index in [0.29, 0.717) is 16.7 Å². The van der Waals surface area contributed by atoms with Crippen molar-refractivity contribution in [3.63, 3.8) is 0 Å². The van der Waals surface area contributed by atoms with E-state index in [1.54, 1.807) is 12.1 Å². The van der Waals surface area contributed by atoms with E-state index in [0.717, 1.165) is 64.5 Å². The van der Waals surface area contributed by atoms with Gasteiger partial charge in [0.15, 0.2) is 0 Å². The fourth-order valence-corrected chi connectivity index (χ4v) is 8.24. The summed E-state index contributed by atoms with van der Waals surface area (Å²) in [7, 11) is 0. The largest absolute Gasteiger partial charge is 0.478 e. The summed E-state index contributed by atoms with van der Waals surface area (Å²) in [6.07, 6.45) is 7.42. The molecular formula is C35H32O4. The number of carbonyl (C=O) groups excluding carboxylic acids is 1. The molecule has 4 aromatic rings. The second kappa shape index (κ2) is 9.37. The van der Waals surface area contributed by atoms with Crippen LogP contribution < -0.4 is 0 Å². The van der Waals surface area contributed by atoms with Crippen LogP contribution in [0, 0.1) is 17.8 Å². The van der Waals surface area contributed by atoms with Crippen molar-refractivity contribution in [1.29, 1.82) is 0 Å². The SMILES string of the molecule is O=C(O)c1ccccc1-c1ccc2cc(C(=O)OCc3ccccc3)c(C34CC5CC(CC(C5)C3)C4)cc2c1. The Labute approximate surface area is 228 Å². The molecule has 4 aliphatic rings. The number of fused-ring (bicyclic) bond motifs is 1. The fourth-order valence-electron chi connectivity index (χ4n) is 8.24. The van der Waals surface area contributed by atoms with E-state index in [4.69, 9.17) is 4.74 Å². The first-order chi connectivity index (χ1) is 19.0. The molecule has 1 N–H and O–H groups in total. The summed E-state index contributed by atoms with van der Waals surface area (Å²) < 4.78 is 5.90. The van der Waals surface area contributed by atoms with Gasteiger partial charge in [-0.3, -0.25) is 0 Å². The van der Waals surface area contributed by atoms with Gasteiger partial charge in [-0.1, -0.05) is 60.7 Å². The Morgan fingerprint density at radius 2 is 1.41 bits per heavy atom. The lowest BCUT2D eigenvalue weighted by molar-refractivity contribution is -0.00608. The molecule has 0 aromatic heterocycles. The van der Waals surface area contributed by atoms with E-state index in [1.807, 2.05) is 60.7 Å². The van der Waals surface area contributed by atoms with Crippen molar-refractivity contribution in [2.45, 2.75) is 50.5 Å². The Balaban J connectivity index is 1.34. The van der Waals surface area contributed by atoms with Gasteiger partial charge < -0.3 is 9.84 Å². The number of carboxylic acids is 1. The van der Waals surface area contributed by atoms with Crippen LogP contribution in [0.2, 0.25) is 0 Å². The van der Waals surface area contributed by atoms with Crippen LogP contribution in [-0.4, -0.2) is 17.0 Å². The Bertz CT molecular complexity index is 1550. The summed E-state index contributed by atoms with van der Waals surface area (Å²) in [5, 5.41) is 11.8. The van der Waals surface area contributed by atoms with Crippen molar-refractivity contribution in [1.82, 2.24) is 0 Å². The zero-order chi connectivity index (χ0) is 26.6. The van der Waals surface area contributed by atoms with Crippen molar-refractivity contribution in [3.8, 4) is 11.1 Å². The average Bonchev–Trinajstić information content (AvgIpc) is 2.95. The van der Waals surface area contributed by atoms with Crippen LogP contribution in [0.1, 0.15) is 70.4 Å². The van der Waals surface area contributed by atoms with Crippen LogP contribution in [0.25, 0.3) is 21.9 Å². The highest BCUT2D eigenvalue weighted by Gasteiger charge is 2.52. The minimum atomic E-state index is -0.934. The van der Waals surface area contributed by atoms with Gasteiger partial charge in [-0.15, -0.1) is 0 Å². The first-order valence-corrected chi connectivity index (χ1v) is 14.1. The van der Waals surface area contributed by atoms with Gasteiger partial charge >= 0.3 is 11.9 Å². The van der Waals surface area contributed by atoms with Crippen molar-refractivity contribution < 1.29 is 19.4 Å². The molecule has 8 rings (SSSR count). The molecule has 0 radical (unpaired) electrons. The highest BCUT2D eigenvalue weighted by atomic mass is 16.5. The van der Waals surface area contributed by atoms with E-state index in [2.05, 4.69) is 12.1 Å². The smallest absolute Gasteiger partial charge is 0.338 e. The van der Waals surface area contributed by atoms with Gasteiger partial charge in [0, 0.05) is 0 Å². The zero-order valence-corrected chi connectivity index (χ0v) is 21.9. The maximum Gasteiger partial charge on any atom is 0.338 e. The lowest BCUT2D eigenvalue weighted by Gasteiger charge is -2.57. The van der Waals surface area contributed by atoms with E-state index in [9.17, 15) is 14.7 Å². The third kappa shape index (κ3) is 4.32. The second-order valence-corrected chi connectivity index (χ2v) is 12.1. The molecule has 4 saturated carbocycles. The first kappa shape index (κ1) is 24.1. The van der Waals surface area contributed by atoms with Gasteiger partial charge in [-0.2, -0.15) is 0 Å². The maximum atomic E-state index is 13.7. The normalized spacial score (nSPS) is 25.1. The van der Waals surface area contributed by atoms with Gasteiger partial charge in [0.05, 0.1) is 11.1 Å². The van der Waals surface area contributed by atoms with Crippen LogP contribution in [-0.2, 0) is 16.8 Å². The van der Waals surface area contributed by atoms with Crippen LogP contribution >= 0.6 is 0 Å². The zero-order valence-electron chi connectivity index (χ0n) is 21.9. The number of hydrogen-bond donors (Lipinski definition) is 1. The highest BCUT2D eigenvalue weighted by Crippen LogP contribution is 2.61. The van der Waals surface area contributed by atoms with Gasteiger partial charge in [0.25, 0.3) is 0 Å². The van der Waals surface area contributed by atoms with Gasteiger partial charge in [-0.25, -0.2) is 9.59 Å². The molecule has 0 unspecified atom stereocenters. The van der Waals surface area contributed by atoms with Crippen LogP contribution in [0.15, 0.2) is 84.9 Å².